The molecular weight excluding hydrogens is 384 g/mol. The summed E-state index contributed by atoms with van der Waals surface area (Å²) in [6.07, 6.45) is 6.55. The fourth-order valence-electron chi connectivity index (χ4n) is 3.45. The second kappa shape index (κ2) is 8.53. The molecule has 0 unspecified atom stereocenters. The summed E-state index contributed by atoms with van der Waals surface area (Å²) in [7, 11) is 1.44. The molecule has 1 heterocycles. The maximum Gasteiger partial charge on any atom is 0.204 e. The molecule has 0 amide bonds. The third kappa shape index (κ3) is 4.13. The van der Waals surface area contributed by atoms with Gasteiger partial charge in [0, 0.05) is 17.7 Å². The van der Waals surface area contributed by atoms with E-state index in [1.807, 2.05) is 13.0 Å². The zero-order chi connectivity index (χ0) is 22.0. The molecule has 0 saturated carbocycles. The summed E-state index contributed by atoms with van der Waals surface area (Å²) in [5.74, 6) is -0.697. The van der Waals surface area contributed by atoms with Crippen LogP contribution in [-0.2, 0) is 6.42 Å². The molecular formula is C24H26O6. The number of fused-ring (bicyclic) bond motifs is 2. The molecule has 0 spiro atoms. The highest BCUT2D eigenvalue weighted by atomic mass is 16.5. The van der Waals surface area contributed by atoms with Gasteiger partial charge in [-0.05, 0) is 46.1 Å². The monoisotopic (exact) mass is 410 g/mol. The van der Waals surface area contributed by atoms with Crippen molar-refractivity contribution in [3.8, 4) is 23.0 Å². The van der Waals surface area contributed by atoms with Gasteiger partial charge in [-0.15, -0.1) is 0 Å². The Kier molecular flexibility index (Phi) is 6.06. The highest BCUT2D eigenvalue weighted by Crippen LogP contribution is 2.40. The lowest BCUT2D eigenvalue weighted by atomic mass is 10.0. The minimum atomic E-state index is -0.493. The van der Waals surface area contributed by atoms with E-state index in [9.17, 15) is 20.1 Å². The lowest BCUT2D eigenvalue weighted by Gasteiger charge is -2.12. The van der Waals surface area contributed by atoms with E-state index in [4.69, 9.17) is 9.15 Å². The molecule has 6 nitrogen and oxygen atoms in total. The maximum atomic E-state index is 13.0. The van der Waals surface area contributed by atoms with Crippen molar-refractivity contribution in [2.75, 3.05) is 7.11 Å². The van der Waals surface area contributed by atoms with E-state index >= 15 is 0 Å². The van der Waals surface area contributed by atoms with Crippen LogP contribution < -0.4 is 10.2 Å². The molecule has 0 aliphatic carbocycles. The highest BCUT2D eigenvalue weighted by molar-refractivity contribution is 5.97. The van der Waals surface area contributed by atoms with Gasteiger partial charge in [-0.2, -0.15) is 0 Å². The van der Waals surface area contributed by atoms with Crippen molar-refractivity contribution in [1.82, 2.24) is 0 Å². The van der Waals surface area contributed by atoms with Crippen molar-refractivity contribution >= 4 is 21.9 Å². The first-order valence-corrected chi connectivity index (χ1v) is 9.73. The molecule has 0 saturated heterocycles. The predicted octanol–water partition coefficient (Wildman–Crippen LogP) is 5.31. The van der Waals surface area contributed by atoms with Gasteiger partial charge in [0.25, 0.3) is 0 Å². The lowest BCUT2D eigenvalue weighted by Crippen LogP contribution is -2.04. The van der Waals surface area contributed by atoms with Crippen molar-refractivity contribution in [2.45, 2.75) is 40.0 Å². The van der Waals surface area contributed by atoms with E-state index in [1.165, 1.54) is 24.3 Å². The standard InChI is InChI=1S/C24H26O6/c1-13(2)6-5-7-14(3)8-9-15-10-17-21(27)20-18(26)11-16(25)12-19(20)30-24(17)22(28)23(15)29-4/h6,8,10-12,25-26,28H,5,7,9H2,1-4H3. The topological polar surface area (TPSA) is 100 Å². The first-order valence-electron chi connectivity index (χ1n) is 9.73. The largest absolute Gasteiger partial charge is 0.508 e. The fourth-order valence-corrected chi connectivity index (χ4v) is 3.45. The van der Waals surface area contributed by atoms with Crippen LogP contribution in [0, 0.1) is 0 Å². The normalized spacial score (nSPS) is 11.8. The zero-order valence-electron chi connectivity index (χ0n) is 17.6. The van der Waals surface area contributed by atoms with Crippen LogP contribution in [0.2, 0.25) is 0 Å². The first-order chi connectivity index (χ1) is 14.2. The van der Waals surface area contributed by atoms with Crippen LogP contribution in [0.4, 0.5) is 0 Å². The summed E-state index contributed by atoms with van der Waals surface area (Å²) in [6.45, 7) is 6.17. The third-order valence-electron chi connectivity index (χ3n) is 5.00. The Hall–Kier alpha value is -3.41. The van der Waals surface area contributed by atoms with Gasteiger partial charge in [0.15, 0.2) is 11.3 Å². The van der Waals surface area contributed by atoms with Crippen LogP contribution in [0.25, 0.3) is 21.9 Å². The number of benzene rings is 2. The van der Waals surface area contributed by atoms with Crippen LogP contribution in [0.3, 0.4) is 0 Å². The number of ether oxygens (including phenoxy) is 1. The SMILES string of the molecule is COc1c(CC=C(C)CCC=C(C)C)cc2c(=O)c3c(O)cc(O)cc3oc2c1O. The number of hydrogen-bond acceptors (Lipinski definition) is 6. The molecule has 3 rings (SSSR count). The van der Waals surface area contributed by atoms with Crippen LogP contribution in [0.15, 0.2) is 50.7 Å². The zero-order valence-corrected chi connectivity index (χ0v) is 17.6. The molecule has 2 aromatic carbocycles. The Bertz CT molecular complexity index is 1230. The van der Waals surface area contributed by atoms with Crippen molar-refractivity contribution in [3.05, 3.63) is 57.3 Å². The molecule has 0 aliphatic heterocycles. The number of methoxy groups -OCH3 is 1. The third-order valence-corrected chi connectivity index (χ3v) is 5.00. The molecule has 3 N–H and O–H groups in total. The van der Waals surface area contributed by atoms with E-state index in [-0.39, 0.29) is 44.9 Å². The number of phenolic OH excluding ortho intramolecular Hbond substituents is 3. The average Bonchev–Trinajstić information content (AvgIpc) is 2.66. The minimum absolute atomic E-state index is 0.0230. The van der Waals surface area contributed by atoms with E-state index in [0.29, 0.717) is 12.0 Å². The summed E-state index contributed by atoms with van der Waals surface area (Å²) >= 11 is 0. The number of phenols is 3. The Morgan fingerprint density at radius 2 is 1.83 bits per heavy atom. The van der Waals surface area contributed by atoms with E-state index in [1.54, 1.807) is 6.07 Å². The quantitative estimate of drug-likeness (QED) is 0.376. The molecule has 158 valence electrons. The highest BCUT2D eigenvalue weighted by Gasteiger charge is 2.20. The predicted molar refractivity (Wildman–Crippen MR) is 118 cm³/mol. The molecule has 1 aromatic heterocycles. The lowest BCUT2D eigenvalue weighted by molar-refractivity contribution is 0.369. The van der Waals surface area contributed by atoms with Gasteiger partial charge in [0.1, 0.15) is 22.5 Å². The molecule has 0 bridgehead atoms. The van der Waals surface area contributed by atoms with Gasteiger partial charge in [0.2, 0.25) is 11.2 Å². The van der Waals surface area contributed by atoms with Crippen LogP contribution in [0.5, 0.6) is 23.0 Å². The van der Waals surface area contributed by atoms with Gasteiger partial charge < -0.3 is 24.5 Å². The summed E-state index contributed by atoms with van der Waals surface area (Å²) in [4.78, 5) is 13.0. The Morgan fingerprint density at radius 3 is 2.50 bits per heavy atom. The van der Waals surface area contributed by atoms with E-state index < -0.39 is 5.43 Å². The van der Waals surface area contributed by atoms with Crippen molar-refractivity contribution < 1.29 is 24.5 Å². The summed E-state index contributed by atoms with van der Waals surface area (Å²) in [5, 5.41) is 30.6. The fraction of sp³-hybridized carbons (Fsp3) is 0.292. The molecule has 0 atom stereocenters. The molecule has 0 fully saturated rings. The number of hydrogen-bond donors (Lipinski definition) is 3. The van der Waals surface area contributed by atoms with Crippen molar-refractivity contribution in [2.24, 2.45) is 0 Å². The van der Waals surface area contributed by atoms with Crippen molar-refractivity contribution in [1.29, 1.82) is 0 Å². The van der Waals surface area contributed by atoms with Gasteiger partial charge >= 0.3 is 0 Å². The van der Waals surface area contributed by atoms with Gasteiger partial charge in [-0.1, -0.05) is 23.3 Å². The minimum Gasteiger partial charge on any atom is -0.508 e. The Morgan fingerprint density at radius 1 is 1.10 bits per heavy atom. The van der Waals surface area contributed by atoms with Crippen LogP contribution >= 0.6 is 0 Å². The summed E-state index contributed by atoms with van der Waals surface area (Å²) in [5.41, 5.74) is 2.53. The van der Waals surface area contributed by atoms with Gasteiger partial charge in [-0.3, -0.25) is 4.79 Å². The summed E-state index contributed by atoms with van der Waals surface area (Å²) in [6, 6.07) is 3.91. The molecule has 0 aliphatic rings. The van der Waals surface area contributed by atoms with Crippen LogP contribution in [-0.4, -0.2) is 22.4 Å². The van der Waals surface area contributed by atoms with Gasteiger partial charge in [-0.25, -0.2) is 0 Å². The summed E-state index contributed by atoms with van der Waals surface area (Å²) < 4.78 is 11.0. The second-order valence-electron chi connectivity index (χ2n) is 7.64. The molecule has 6 heteroatoms. The van der Waals surface area contributed by atoms with E-state index in [0.717, 1.165) is 18.9 Å². The van der Waals surface area contributed by atoms with E-state index in [2.05, 4.69) is 19.9 Å². The molecule has 0 radical (unpaired) electrons. The number of allylic oxidation sites excluding steroid dienone is 4. The Balaban J connectivity index is 2.12. The Labute approximate surface area is 174 Å². The molecule has 3 aromatic rings. The smallest absolute Gasteiger partial charge is 0.204 e. The van der Waals surface area contributed by atoms with Crippen LogP contribution in [0.1, 0.15) is 39.2 Å². The number of rotatable bonds is 6. The first kappa shape index (κ1) is 21.3. The second-order valence-corrected chi connectivity index (χ2v) is 7.64. The van der Waals surface area contributed by atoms with Crippen molar-refractivity contribution in [3.63, 3.8) is 0 Å². The average molecular weight is 410 g/mol. The maximum absolute atomic E-state index is 13.0. The number of aromatic hydroxyl groups is 3. The molecule has 30 heavy (non-hydrogen) atoms. The van der Waals surface area contributed by atoms with Gasteiger partial charge in [0.05, 0.1) is 12.5 Å².